The smallest absolute Gasteiger partial charge is 0.371 e. The van der Waals surface area contributed by atoms with Gasteiger partial charge in [-0.2, -0.15) is 0 Å². The Hall–Kier alpha value is -0.163. The number of hydrogen-bond donors (Lipinski definition) is 0. The summed E-state index contributed by atoms with van der Waals surface area (Å²) in [6.07, 6.45) is 1.92. The second kappa shape index (κ2) is 7.26. The van der Waals surface area contributed by atoms with Gasteiger partial charge in [-0.1, -0.05) is 6.08 Å². The molecule has 78 valence electrons. The lowest BCUT2D eigenvalue weighted by Gasteiger charge is -2.24. The molecule has 0 aromatic heterocycles. The average molecular weight is 204 g/mol. The summed E-state index contributed by atoms with van der Waals surface area (Å²) in [6, 6.07) is 0. The third-order valence-electron chi connectivity index (χ3n) is 1.41. The molecule has 4 heteroatoms. The van der Waals surface area contributed by atoms with Crippen LogP contribution in [0, 0.1) is 0 Å². The van der Waals surface area contributed by atoms with E-state index in [4.69, 9.17) is 13.3 Å². The summed E-state index contributed by atoms with van der Waals surface area (Å²) in [5, 5.41) is 0. The molecule has 0 fully saturated rings. The molecule has 0 spiro atoms. The summed E-state index contributed by atoms with van der Waals surface area (Å²) < 4.78 is 16.7. The molecular formula is C9H20O3Si. The summed E-state index contributed by atoms with van der Waals surface area (Å²) in [4.78, 5) is 0. The van der Waals surface area contributed by atoms with Crippen molar-refractivity contribution in [2.75, 3.05) is 19.8 Å². The monoisotopic (exact) mass is 204 g/mol. The Morgan fingerprint density at radius 3 is 1.54 bits per heavy atom. The zero-order valence-electron chi connectivity index (χ0n) is 9.00. The Labute approximate surface area is 82.1 Å². The van der Waals surface area contributed by atoms with Gasteiger partial charge in [0.1, 0.15) is 0 Å². The Bertz CT molecular complexity index is 131. The molecule has 0 aliphatic rings. The highest BCUT2D eigenvalue weighted by Crippen LogP contribution is 2.11. The summed E-state index contributed by atoms with van der Waals surface area (Å²) in [5.74, 6) is 0. The minimum atomic E-state index is -2.48. The van der Waals surface area contributed by atoms with Crippen molar-refractivity contribution in [2.45, 2.75) is 27.7 Å². The molecule has 0 atom stereocenters. The van der Waals surface area contributed by atoms with E-state index in [0.717, 1.165) is 0 Å². The van der Waals surface area contributed by atoms with Gasteiger partial charge < -0.3 is 13.3 Å². The average Bonchev–Trinajstić information content (AvgIpc) is 2.06. The fraction of sp³-hybridized carbons (Fsp3) is 0.778. The van der Waals surface area contributed by atoms with Gasteiger partial charge in [-0.25, -0.2) is 0 Å². The van der Waals surface area contributed by atoms with Crippen LogP contribution in [-0.2, 0) is 13.3 Å². The standard InChI is InChI=1S/C9H20O3Si/c1-5-9-13(10-6-2,11-7-3)12-8-4/h5,9H,6-8H2,1-4H3. The largest absolute Gasteiger partial charge is 0.529 e. The van der Waals surface area contributed by atoms with Crippen LogP contribution in [0.15, 0.2) is 11.8 Å². The Morgan fingerprint density at radius 2 is 1.31 bits per heavy atom. The van der Waals surface area contributed by atoms with Crippen LogP contribution in [0.4, 0.5) is 0 Å². The highest BCUT2D eigenvalue weighted by molar-refractivity contribution is 6.66. The maximum Gasteiger partial charge on any atom is 0.529 e. The molecule has 0 saturated carbocycles. The highest BCUT2D eigenvalue weighted by Gasteiger charge is 2.36. The molecule has 0 saturated heterocycles. The predicted octanol–water partition coefficient (Wildman–Crippen LogP) is 2.15. The summed E-state index contributed by atoms with van der Waals surface area (Å²) in [5.41, 5.74) is 1.92. The maximum atomic E-state index is 5.56. The van der Waals surface area contributed by atoms with Crippen molar-refractivity contribution in [1.29, 1.82) is 0 Å². The molecule has 0 aliphatic heterocycles. The van der Waals surface area contributed by atoms with E-state index in [9.17, 15) is 0 Å². The Balaban J connectivity index is 4.37. The second-order valence-corrected chi connectivity index (χ2v) is 4.81. The zero-order chi connectivity index (χ0) is 10.2. The van der Waals surface area contributed by atoms with Gasteiger partial charge in [-0.15, -0.1) is 0 Å². The van der Waals surface area contributed by atoms with Crippen LogP contribution in [0.25, 0.3) is 0 Å². The first-order chi connectivity index (χ1) is 6.24. The van der Waals surface area contributed by atoms with Crippen molar-refractivity contribution in [3.05, 3.63) is 11.8 Å². The van der Waals surface area contributed by atoms with Crippen LogP contribution in [0.1, 0.15) is 27.7 Å². The van der Waals surface area contributed by atoms with E-state index >= 15 is 0 Å². The first kappa shape index (κ1) is 12.8. The molecule has 0 bridgehead atoms. The van der Waals surface area contributed by atoms with E-state index in [1.165, 1.54) is 0 Å². The maximum absolute atomic E-state index is 5.56. The summed E-state index contributed by atoms with van der Waals surface area (Å²) in [6.45, 7) is 9.65. The molecule has 0 radical (unpaired) electrons. The van der Waals surface area contributed by atoms with Crippen LogP contribution in [0.2, 0.25) is 0 Å². The van der Waals surface area contributed by atoms with Crippen LogP contribution in [-0.4, -0.2) is 28.6 Å². The molecule has 0 amide bonds. The van der Waals surface area contributed by atoms with E-state index in [-0.39, 0.29) is 0 Å². The van der Waals surface area contributed by atoms with Crippen molar-refractivity contribution in [1.82, 2.24) is 0 Å². The van der Waals surface area contributed by atoms with E-state index in [2.05, 4.69) is 0 Å². The zero-order valence-corrected chi connectivity index (χ0v) is 10.0. The molecule has 0 aliphatic carbocycles. The fourth-order valence-electron chi connectivity index (χ4n) is 1.08. The molecule has 0 N–H and O–H groups in total. The third-order valence-corrected chi connectivity index (χ3v) is 4.22. The number of rotatable bonds is 7. The van der Waals surface area contributed by atoms with Gasteiger partial charge in [0.2, 0.25) is 0 Å². The van der Waals surface area contributed by atoms with Gasteiger partial charge >= 0.3 is 8.80 Å². The summed E-state index contributed by atoms with van der Waals surface area (Å²) in [7, 11) is -2.48. The summed E-state index contributed by atoms with van der Waals surface area (Å²) >= 11 is 0. The van der Waals surface area contributed by atoms with E-state index in [1.807, 2.05) is 39.5 Å². The lowest BCUT2D eigenvalue weighted by Crippen LogP contribution is -2.44. The van der Waals surface area contributed by atoms with Crippen LogP contribution < -0.4 is 0 Å². The highest BCUT2D eigenvalue weighted by atomic mass is 28.4. The van der Waals surface area contributed by atoms with Gasteiger partial charge in [-0.3, -0.25) is 0 Å². The van der Waals surface area contributed by atoms with Crippen molar-refractivity contribution < 1.29 is 13.3 Å². The molecule has 0 heterocycles. The molecule has 0 rings (SSSR count). The minimum absolute atomic E-state index is 0.622. The third kappa shape index (κ3) is 4.57. The van der Waals surface area contributed by atoms with Crippen molar-refractivity contribution in [2.24, 2.45) is 0 Å². The minimum Gasteiger partial charge on any atom is -0.371 e. The van der Waals surface area contributed by atoms with Crippen LogP contribution in [0.3, 0.4) is 0 Å². The first-order valence-corrected chi connectivity index (χ1v) is 6.60. The van der Waals surface area contributed by atoms with Gasteiger partial charge in [0.25, 0.3) is 0 Å². The van der Waals surface area contributed by atoms with E-state index < -0.39 is 8.80 Å². The second-order valence-electron chi connectivity index (χ2n) is 2.40. The number of allylic oxidation sites excluding steroid dienone is 1. The Kier molecular flexibility index (Phi) is 7.17. The molecule has 0 unspecified atom stereocenters. The lowest BCUT2D eigenvalue weighted by atomic mass is 10.8. The van der Waals surface area contributed by atoms with Crippen molar-refractivity contribution in [3.8, 4) is 0 Å². The van der Waals surface area contributed by atoms with E-state index in [0.29, 0.717) is 19.8 Å². The predicted molar refractivity (Wildman–Crippen MR) is 55.4 cm³/mol. The van der Waals surface area contributed by atoms with Crippen LogP contribution >= 0.6 is 0 Å². The van der Waals surface area contributed by atoms with Crippen molar-refractivity contribution >= 4 is 8.80 Å². The molecular weight excluding hydrogens is 184 g/mol. The normalized spacial score (nSPS) is 12.6. The van der Waals surface area contributed by atoms with Gasteiger partial charge in [0, 0.05) is 19.8 Å². The van der Waals surface area contributed by atoms with Gasteiger partial charge in [-0.05, 0) is 33.4 Å². The van der Waals surface area contributed by atoms with Gasteiger partial charge in [0.05, 0.1) is 0 Å². The van der Waals surface area contributed by atoms with Gasteiger partial charge in [0.15, 0.2) is 0 Å². The molecule has 13 heavy (non-hydrogen) atoms. The SMILES string of the molecule is CC=C[Si](OCC)(OCC)OCC. The molecule has 3 nitrogen and oxygen atoms in total. The lowest BCUT2D eigenvalue weighted by molar-refractivity contribution is 0.0842. The van der Waals surface area contributed by atoms with E-state index in [1.54, 1.807) is 0 Å². The quantitative estimate of drug-likeness (QED) is 0.595. The number of hydrogen-bond acceptors (Lipinski definition) is 3. The molecule has 0 aromatic carbocycles. The molecule has 0 aromatic rings. The van der Waals surface area contributed by atoms with Crippen LogP contribution in [0.5, 0.6) is 0 Å². The first-order valence-electron chi connectivity index (χ1n) is 4.80. The Morgan fingerprint density at radius 1 is 0.923 bits per heavy atom. The topological polar surface area (TPSA) is 27.7 Å². The van der Waals surface area contributed by atoms with Crippen molar-refractivity contribution in [3.63, 3.8) is 0 Å². The fourth-order valence-corrected chi connectivity index (χ4v) is 3.23.